The summed E-state index contributed by atoms with van der Waals surface area (Å²) < 4.78 is 1.18. The van der Waals surface area contributed by atoms with Crippen molar-refractivity contribution < 1.29 is 0 Å². The van der Waals surface area contributed by atoms with Crippen molar-refractivity contribution in [2.45, 2.75) is 19.9 Å². The Bertz CT molecular complexity index is 325. The van der Waals surface area contributed by atoms with Gasteiger partial charge in [-0.1, -0.05) is 19.1 Å². The smallest absolute Gasteiger partial charge is 0.0870 e. The summed E-state index contributed by atoms with van der Waals surface area (Å²) in [5, 5.41) is 2.09. The summed E-state index contributed by atoms with van der Waals surface area (Å²) in [7, 11) is 0. The maximum atomic E-state index is 5.57. The molecule has 0 amide bonds. The van der Waals surface area contributed by atoms with Crippen molar-refractivity contribution >= 4 is 44.5 Å². The van der Waals surface area contributed by atoms with Crippen LogP contribution in [0.25, 0.3) is 0 Å². The van der Waals surface area contributed by atoms with Crippen molar-refractivity contribution in [2.75, 3.05) is 13.1 Å². The maximum absolute atomic E-state index is 5.57. The van der Waals surface area contributed by atoms with E-state index in [1.54, 1.807) is 11.3 Å². The summed E-state index contributed by atoms with van der Waals surface area (Å²) in [5.74, 6) is 0. The highest BCUT2D eigenvalue weighted by Gasteiger charge is 2.09. The molecule has 0 aliphatic rings. The first-order valence-corrected chi connectivity index (χ1v) is 6.94. The minimum absolute atomic E-state index is 0.566. The van der Waals surface area contributed by atoms with E-state index in [1.807, 2.05) is 0 Å². The normalized spacial score (nSPS) is 10.9. The minimum Gasteiger partial charge on any atom is -0.392 e. The van der Waals surface area contributed by atoms with Crippen LogP contribution < -0.4 is 5.73 Å². The number of hydrogen-bond acceptors (Lipinski definition) is 3. The summed E-state index contributed by atoms with van der Waals surface area (Å²) in [5.41, 5.74) is 5.57. The van der Waals surface area contributed by atoms with Crippen molar-refractivity contribution in [2.24, 2.45) is 5.73 Å². The summed E-state index contributed by atoms with van der Waals surface area (Å²) in [6.45, 7) is 4.81. The van der Waals surface area contributed by atoms with Crippen molar-refractivity contribution in [3.63, 3.8) is 0 Å². The number of nitrogens with zero attached hydrogens (tertiary/aromatic N) is 1. The molecule has 0 atom stereocenters. The molecule has 84 valence electrons. The Morgan fingerprint density at radius 2 is 2.40 bits per heavy atom. The lowest BCUT2D eigenvalue weighted by Crippen LogP contribution is -2.32. The zero-order valence-electron chi connectivity index (χ0n) is 8.70. The molecule has 1 rings (SSSR count). The average Bonchev–Trinajstić information content (AvgIpc) is 2.51. The van der Waals surface area contributed by atoms with Gasteiger partial charge >= 0.3 is 0 Å². The standard InChI is InChI=1S/C10H15BrN2S2/c1-2-4-13(7-10(12)14)6-9-8(11)3-5-15-9/h3,5H,2,4,6-7H2,1H3,(H2,12,14). The first-order chi connectivity index (χ1) is 7.13. The van der Waals surface area contributed by atoms with Crippen LogP contribution >= 0.6 is 39.5 Å². The third-order valence-corrected chi connectivity index (χ3v) is 4.02. The molecule has 0 spiro atoms. The van der Waals surface area contributed by atoms with Crippen molar-refractivity contribution in [3.8, 4) is 0 Å². The van der Waals surface area contributed by atoms with Gasteiger partial charge in [-0.25, -0.2) is 0 Å². The van der Waals surface area contributed by atoms with E-state index in [0.717, 1.165) is 19.5 Å². The Morgan fingerprint density at radius 1 is 1.67 bits per heavy atom. The Balaban J connectivity index is 2.58. The van der Waals surface area contributed by atoms with E-state index in [-0.39, 0.29) is 0 Å². The van der Waals surface area contributed by atoms with E-state index in [2.05, 4.69) is 39.2 Å². The highest BCUT2D eigenvalue weighted by molar-refractivity contribution is 9.10. The number of thiophene rings is 1. The van der Waals surface area contributed by atoms with Gasteiger partial charge in [-0.05, 0) is 40.3 Å². The van der Waals surface area contributed by atoms with E-state index in [0.29, 0.717) is 11.5 Å². The molecule has 1 heterocycles. The molecule has 1 aromatic rings. The molecule has 5 heteroatoms. The van der Waals surface area contributed by atoms with Crippen LogP contribution in [0.5, 0.6) is 0 Å². The highest BCUT2D eigenvalue weighted by Crippen LogP contribution is 2.24. The molecular weight excluding hydrogens is 292 g/mol. The molecule has 0 saturated heterocycles. The Kier molecular flexibility index (Phi) is 5.74. The lowest BCUT2D eigenvalue weighted by molar-refractivity contribution is 0.306. The summed E-state index contributed by atoms with van der Waals surface area (Å²) >= 11 is 10.2. The van der Waals surface area contributed by atoms with Crippen molar-refractivity contribution in [1.29, 1.82) is 0 Å². The molecule has 0 bridgehead atoms. The molecule has 0 unspecified atom stereocenters. The van der Waals surface area contributed by atoms with Gasteiger partial charge in [0, 0.05) is 22.4 Å². The number of halogens is 1. The summed E-state index contributed by atoms with van der Waals surface area (Å²) in [6, 6.07) is 2.07. The lowest BCUT2D eigenvalue weighted by atomic mass is 10.3. The number of thiocarbonyl (C=S) groups is 1. The van der Waals surface area contributed by atoms with Gasteiger partial charge in [0.05, 0.1) is 4.99 Å². The van der Waals surface area contributed by atoms with Gasteiger partial charge in [0.25, 0.3) is 0 Å². The highest BCUT2D eigenvalue weighted by atomic mass is 79.9. The van der Waals surface area contributed by atoms with Gasteiger partial charge in [-0.2, -0.15) is 0 Å². The minimum atomic E-state index is 0.566. The molecule has 1 aromatic heterocycles. The molecule has 15 heavy (non-hydrogen) atoms. The second-order valence-corrected chi connectivity index (χ2v) is 5.75. The molecule has 0 fully saturated rings. The van der Waals surface area contributed by atoms with Crippen LogP contribution in [-0.2, 0) is 6.54 Å². The zero-order chi connectivity index (χ0) is 11.3. The van der Waals surface area contributed by atoms with Crippen LogP contribution in [0.15, 0.2) is 15.9 Å². The molecule has 2 nitrogen and oxygen atoms in total. The topological polar surface area (TPSA) is 29.3 Å². The van der Waals surface area contributed by atoms with Crippen LogP contribution in [0.2, 0.25) is 0 Å². The molecule has 0 radical (unpaired) electrons. The Hall–Kier alpha value is 0.0300. The van der Waals surface area contributed by atoms with E-state index in [9.17, 15) is 0 Å². The van der Waals surface area contributed by atoms with Crippen molar-refractivity contribution in [3.05, 3.63) is 20.8 Å². The summed E-state index contributed by atoms with van der Waals surface area (Å²) in [4.78, 5) is 4.18. The lowest BCUT2D eigenvalue weighted by Gasteiger charge is -2.20. The van der Waals surface area contributed by atoms with Crippen LogP contribution in [-0.4, -0.2) is 23.0 Å². The molecular formula is C10H15BrN2S2. The fourth-order valence-corrected chi connectivity index (χ4v) is 3.09. The van der Waals surface area contributed by atoms with E-state index >= 15 is 0 Å². The average molecular weight is 307 g/mol. The maximum Gasteiger partial charge on any atom is 0.0870 e. The second kappa shape index (κ2) is 6.58. The largest absolute Gasteiger partial charge is 0.392 e. The number of nitrogens with two attached hydrogens (primary N) is 1. The van der Waals surface area contributed by atoms with E-state index in [1.165, 1.54) is 9.35 Å². The van der Waals surface area contributed by atoms with E-state index < -0.39 is 0 Å². The van der Waals surface area contributed by atoms with Gasteiger partial charge in [0.1, 0.15) is 0 Å². The first-order valence-electron chi connectivity index (χ1n) is 4.86. The second-order valence-electron chi connectivity index (χ2n) is 3.37. The predicted molar refractivity (Wildman–Crippen MR) is 74.4 cm³/mol. The van der Waals surface area contributed by atoms with Gasteiger partial charge in [0.2, 0.25) is 0 Å². The van der Waals surface area contributed by atoms with Crippen molar-refractivity contribution in [1.82, 2.24) is 4.90 Å². The van der Waals surface area contributed by atoms with Crippen LogP contribution in [0, 0.1) is 0 Å². The number of hydrogen-bond donors (Lipinski definition) is 1. The van der Waals surface area contributed by atoms with Crippen LogP contribution in [0.4, 0.5) is 0 Å². The third kappa shape index (κ3) is 4.59. The third-order valence-electron chi connectivity index (χ3n) is 1.98. The molecule has 0 aliphatic carbocycles. The molecule has 2 N–H and O–H groups in total. The SMILES string of the molecule is CCCN(CC(N)=S)Cc1sccc1Br. The monoisotopic (exact) mass is 306 g/mol. The van der Waals surface area contributed by atoms with Gasteiger partial charge in [-0.3, -0.25) is 4.90 Å². The van der Waals surface area contributed by atoms with Gasteiger partial charge in [0.15, 0.2) is 0 Å². The Morgan fingerprint density at radius 3 is 2.87 bits per heavy atom. The first kappa shape index (κ1) is 13.1. The van der Waals surface area contributed by atoms with Gasteiger partial charge in [-0.15, -0.1) is 11.3 Å². The zero-order valence-corrected chi connectivity index (χ0v) is 11.9. The van der Waals surface area contributed by atoms with E-state index in [4.69, 9.17) is 18.0 Å². The van der Waals surface area contributed by atoms with Gasteiger partial charge < -0.3 is 5.73 Å². The molecule has 0 aliphatic heterocycles. The molecule has 0 aromatic carbocycles. The quantitative estimate of drug-likeness (QED) is 0.819. The van der Waals surface area contributed by atoms with Crippen LogP contribution in [0.1, 0.15) is 18.2 Å². The fourth-order valence-electron chi connectivity index (χ4n) is 1.39. The number of rotatable bonds is 6. The van der Waals surface area contributed by atoms with Crippen LogP contribution in [0.3, 0.4) is 0 Å². The Labute approximate surface area is 109 Å². The molecule has 0 saturated carbocycles. The predicted octanol–water partition coefficient (Wildman–Crippen LogP) is 3.01. The summed E-state index contributed by atoms with van der Waals surface area (Å²) in [6.07, 6.45) is 1.12. The fraction of sp³-hybridized carbons (Fsp3) is 0.500.